The van der Waals surface area contributed by atoms with Crippen LogP contribution in [-0.2, 0) is 23.7 Å². The molecule has 3 aliphatic heterocycles. The van der Waals surface area contributed by atoms with Crippen molar-refractivity contribution in [2.24, 2.45) is 0 Å². The van der Waals surface area contributed by atoms with E-state index in [1.165, 1.54) is 6.21 Å². The maximum absolute atomic E-state index is 12.5. The normalized spacial score (nSPS) is 42.4. The summed E-state index contributed by atoms with van der Waals surface area (Å²) in [6.07, 6.45) is 0.213. The topological polar surface area (TPSA) is 72.2 Å². The minimum absolute atomic E-state index is 0.339. The van der Waals surface area contributed by atoms with Gasteiger partial charge in [0.15, 0.2) is 23.2 Å². The monoisotopic (exact) mass is 329 g/mol. The fourth-order valence-electron chi connectivity index (χ4n) is 3.14. The first kappa shape index (κ1) is 17.1. The summed E-state index contributed by atoms with van der Waals surface area (Å²) in [5.74, 6) is -2.85. The highest BCUT2D eigenvalue weighted by molar-refractivity contribution is 5.65. The number of rotatable bonds is 1. The lowest BCUT2D eigenvalue weighted by Gasteiger charge is -2.38. The molecule has 0 amide bonds. The fraction of sp³-hybridized carbons (Fsp3) is 0.938. The van der Waals surface area contributed by atoms with E-state index in [1.807, 2.05) is 34.6 Å². The molecule has 3 fully saturated rings. The molecular weight excluding hydrogens is 302 g/mol. The van der Waals surface area contributed by atoms with Crippen molar-refractivity contribution in [1.29, 1.82) is 0 Å². The van der Waals surface area contributed by atoms with Crippen LogP contribution < -0.4 is 0 Å². The standard InChI is InChI=1S/C16H27NO6/c1-13(2,3)17(18)9-16-12(22-15(6,7)23-16)11-10(20-16)8-19-14(4,5)21-11/h9-12H,8H2,1-7H3/b17-9-/t10-,11+,12-,16-/m0/s1. The van der Waals surface area contributed by atoms with Crippen LogP contribution in [-0.4, -0.2) is 58.8 Å². The van der Waals surface area contributed by atoms with Crippen molar-refractivity contribution in [1.82, 2.24) is 0 Å². The van der Waals surface area contributed by atoms with Crippen molar-refractivity contribution in [2.45, 2.75) is 89.7 Å². The molecule has 7 heteroatoms. The maximum atomic E-state index is 12.5. The van der Waals surface area contributed by atoms with E-state index in [2.05, 4.69) is 0 Å². The Morgan fingerprint density at radius 2 is 1.70 bits per heavy atom. The van der Waals surface area contributed by atoms with Crippen LogP contribution in [0.3, 0.4) is 0 Å². The summed E-state index contributed by atoms with van der Waals surface area (Å²) in [5.41, 5.74) is -0.608. The van der Waals surface area contributed by atoms with Gasteiger partial charge < -0.3 is 28.9 Å². The van der Waals surface area contributed by atoms with Gasteiger partial charge in [-0.1, -0.05) is 0 Å². The van der Waals surface area contributed by atoms with Gasteiger partial charge in [0.25, 0.3) is 5.79 Å². The van der Waals surface area contributed by atoms with Crippen molar-refractivity contribution in [3.05, 3.63) is 5.21 Å². The van der Waals surface area contributed by atoms with Gasteiger partial charge in [0.2, 0.25) is 6.21 Å². The van der Waals surface area contributed by atoms with Crippen LogP contribution in [0.5, 0.6) is 0 Å². The van der Waals surface area contributed by atoms with Gasteiger partial charge in [-0.05, 0) is 27.7 Å². The largest absolute Gasteiger partial charge is 0.624 e. The second kappa shape index (κ2) is 4.89. The number of hydrogen-bond donors (Lipinski definition) is 0. The Labute approximate surface area is 137 Å². The Morgan fingerprint density at radius 3 is 2.30 bits per heavy atom. The Hall–Kier alpha value is -0.730. The summed E-state index contributed by atoms with van der Waals surface area (Å²) in [6.45, 7) is 13.2. The van der Waals surface area contributed by atoms with Gasteiger partial charge in [-0.2, -0.15) is 0 Å². The summed E-state index contributed by atoms with van der Waals surface area (Å²) in [5, 5.41) is 12.5. The van der Waals surface area contributed by atoms with Crippen LogP contribution >= 0.6 is 0 Å². The molecule has 4 atom stereocenters. The van der Waals surface area contributed by atoms with Crippen LogP contribution in [0.4, 0.5) is 0 Å². The predicted octanol–water partition coefficient (Wildman–Crippen LogP) is 1.76. The van der Waals surface area contributed by atoms with Crippen LogP contribution in [0.25, 0.3) is 0 Å². The summed E-state index contributed by atoms with van der Waals surface area (Å²) in [7, 11) is 0. The van der Waals surface area contributed by atoms with E-state index >= 15 is 0 Å². The van der Waals surface area contributed by atoms with Crippen molar-refractivity contribution >= 4 is 6.21 Å². The highest BCUT2D eigenvalue weighted by Crippen LogP contribution is 2.48. The van der Waals surface area contributed by atoms with Crippen molar-refractivity contribution in [3.8, 4) is 0 Å². The van der Waals surface area contributed by atoms with Gasteiger partial charge in [0, 0.05) is 20.8 Å². The van der Waals surface area contributed by atoms with E-state index < -0.39 is 29.0 Å². The first-order valence-corrected chi connectivity index (χ1v) is 8.04. The van der Waals surface area contributed by atoms with Crippen molar-refractivity contribution in [2.75, 3.05) is 6.61 Å². The van der Waals surface area contributed by atoms with Gasteiger partial charge in [-0.25, -0.2) is 4.74 Å². The van der Waals surface area contributed by atoms with Gasteiger partial charge in [-0.15, -0.1) is 0 Å². The molecule has 0 bridgehead atoms. The van der Waals surface area contributed by atoms with Crippen LogP contribution in [0.1, 0.15) is 48.5 Å². The molecule has 3 heterocycles. The lowest BCUT2D eigenvalue weighted by molar-refractivity contribution is -0.537. The second-order valence-corrected chi connectivity index (χ2v) is 8.34. The molecule has 23 heavy (non-hydrogen) atoms. The minimum Gasteiger partial charge on any atom is -0.624 e. The Bertz CT molecular complexity index is 523. The van der Waals surface area contributed by atoms with Gasteiger partial charge in [-0.3, -0.25) is 0 Å². The summed E-state index contributed by atoms with van der Waals surface area (Å²) in [4.78, 5) is 0. The van der Waals surface area contributed by atoms with E-state index in [1.54, 1.807) is 13.8 Å². The van der Waals surface area contributed by atoms with Crippen LogP contribution in [0, 0.1) is 5.21 Å². The summed E-state index contributed by atoms with van der Waals surface area (Å²) in [6, 6.07) is 0. The highest BCUT2D eigenvalue weighted by Gasteiger charge is 2.68. The minimum atomic E-state index is -1.27. The van der Waals surface area contributed by atoms with E-state index in [9.17, 15) is 5.21 Å². The molecule has 3 aliphatic rings. The molecule has 3 saturated heterocycles. The molecule has 3 rings (SSSR count). The van der Waals surface area contributed by atoms with Crippen molar-refractivity contribution in [3.63, 3.8) is 0 Å². The predicted molar refractivity (Wildman–Crippen MR) is 82.0 cm³/mol. The lowest BCUT2D eigenvalue weighted by atomic mass is 10.0. The number of hydrogen-bond acceptors (Lipinski definition) is 6. The number of fused-ring (bicyclic) bond motifs is 3. The Balaban J connectivity index is 1.97. The molecule has 0 radical (unpaired) electrons. The van der Waals surface area contributed by atoms with Gasteiger partial charge in [0.05, 0.1) is 6.61 Å². The molecule has 0 aromatic heterocycles. The molecule has 132 valence electrons. The molecule has 0 saturated carbocycles. The van der Waals surface area contributed by atoms with E-state index in [4.69, 9.17) is 23.7 Å². The third kappa shape index (κ3) is 3.00. The fourth-order valence-corrected chi connectivity index (χ4v) is 3.14. The van der Waals surface area contributed by atoms with Crippen molar-refractivity contribution < 1.29 is 28.4 Å². The highest BCUT2D eigenvalue weighted by atomic mass is 16.9. The molecular formula is C16H27NO6. The molecule has 0 aromatic rings. The number of nitrogens with zero attached hydrogens (tertiary/aromatic N) is 1. The van der Waals surface area contributed by atoms with Crippen LogP contribution in [0.15, 0.2) is 0 Å². The van der Waals surface area contributed by atoms with Gasteiger partial charge in [0.1, 0.15) is 12.2 Å². The number of ether oxygens (including phenoxy) is 5. The Kier molecular flexibility index (Phi) is 3.64. The smallest absolute Gasteiger partial charge is 0.281 e. The first-order chi connectivity index (χ1) is 10.3. The van der Waals surface area contributed by atoms with Gasteiger partial charge >= 0.3 is 0 Å². The van der Waals surface area contributed by atoms with Crippen LogP contribution in [0.2, 0.25) is 0 Å². The zero-order chi connectivity index (χ0) is 17.3. The quantitative estimate of drug-likeness (QED) is 0.316. The average molecular weight is 329 g/mol. The maximum Gasteiger partial charge on any atom is 0.281 e. The number of hydroxylamine groups is 1. The molecule has 7 nitrogen and oxygen atoms in total. The second-order valence-electron chi connectivity index (χ2n) is 8.34. The molecule has 0 unspecified atom stereocenters. The Morgan fingerprint density at radius 1 is 1.04 bits per heavy atom. The SMILES string of the molecule is CC1(C)OC[C@@H]2O[C@@]3(/C=[N+](\[O-])C(C)(C)C)OC(C)(C)O[C@H]3[C@@H]2O1. The molecule has 0 spiro atoms. The van der Waals surface area contributed by atoms with E-state index in [0.29, 0.717) is 6.61 Å². The average Bonchev–Trinajstić information content (AvgIpc) is 2.75. The molecule has 0 aromatic carbocycles. The molecule has 0 N–H and O–H groups in total. The zero-order valence-corrected chi connectivity index (χ0v) is 14.9. The summed E-state index contributed by atoms with van der Waals surface area (Å²) < 4.78 is 30.6. The van der Waals surface area contributed by atoms with E-state index in [-0.39, 0.29) is 12.2 Å². The third-order valence-corrected chi connectivity index (χ3v) is 4.19. The van der Waals surface area contributed by atoms with E-state index in [0.717, 1.165) is 4.74 Å². The third-order valence-electron chi connectivity index (χ3n) is 4.19. The molecule has 0 aliphatic carbocycles. The zero-order valence-electron chi connectivity index (χ0n) is 14.9. The lowest BCUT2D eigenvalue weighted by Crippen LogP contribution is -2.51. The first-order valence-electron chi connectivity index (χ1n) is 8.04. The summed E-state index contributed by atoms with van der Waals surface area (Å²) >= 11 is 0.